The molecule has 1 unspecified atom stereocenters. The summed E-state index contributed by atoms with van der Waals surface area (Å²) in [6.45, 7) is 8.82. The van der Waals surface area contributed by atoms with Gasteiger partial charge in [0.2, 0.25) is 0 Å². The lowest BCUT2D eigenvalue weighted by molar-refractivity contribution is -0.111. The highest BCUT2D eigenvalue weighted by atomic mass is 16.5. The van der Waals surface area contributed by atoms with Crippen LogP contribution in [0.4, 0.5) is 17.1 Å². The molecule has 4 heterocycles. The average molecular weight is 594 g/mol. The van der Waals surface area contributed by atoms with Gasteiger partial charge in [-0.05, 0) is 62.7 Å². The first kappa shape index (κ1) is 29.0. The molecule has 1 saturated heterocycles. The number of benzene rings is 2. The number of aromatic nitrogens is 3. The van der Waals surface area contributed by atoms with Gasteiger partial charge in [-0.25, -0.2) is 14.5 Å². The van der Waals surface area contributed by atoms with E-state index in [0.717, 1.165) is 54.4 Å². The maximum absolute atomic E-state index is 12.8. The highest BCUT2D eigenvalue weighted by Gasteiger charge is 2.22. The number of aliphatic imine (C=N–C) groups is 1. The van der Waals surface area contributed by atoms with Crippen LogP contribution in [-0.2, 0) is 4.79 Å². The number of likely N-dealkylation sites (N-methyl/N-ethyl adjacent to an activating group) is 1. The van der Waals surface area contributed by atoms with Gasteiger partial charge in [0.05, 0.1) is 30.9 Å². The average Bonchev–Trinajstić information content (AvgIpc) is 3.48. The Morgan fingerprint density at radius 3 is 2.80 bits per heavy atom. The van der Waals surface area contributed by atoms with Crippen molar-refractivity contribution in [1.29, 1.82) is 0 Å². The van der Waals surface area contributed by atoms with E-state index in [1.54, 1.807) is 10.9 Å². The largest absolute Gasteiger partial charge is 0.492 e. The Kier molecular flexibility index (Phi) is 8.58. The molecule has 226 valence electrons. The van der Waals surface area contributed by atoms with E-state index in [1.165, 1.54) is 6.33 Å². The fourth-order valence-corrected chi connectivity index (χ4v) is 5.09. The van der Waals surface area contributed by atoms with Gasteiger partial charge in [0.1, 0.15) is 29.7 Å². The Hall–Kier alpha value is -5.12. The third-order valence-corrected chi connectivity index (χ3v) is 7.50. The molecule has 12 nitrogen and oxygen atoms in total. The summed E-state index contributed by atoms with van der Waals surface area (Å²) in [5.41, 5.74) is 4.76. The Morgan fingerprint density at radius 1 is 1.11 bits per heavy atom. The van der Waals surface area contributed by atoms with Crippen molar-refractivity contribution in [2.75, 3.05) is 62.3 Å². The SMILES string of the molecule is CCOc1cc2c(cc1NC(=O)C#CCN1CCN(C)CC1)C(Nc1ccc(Oc3ccn4ncnc4c3)c(C)c1)N=CN2. The number of aryl methyl sites for hydroxylation is 1. The maximum Gasteiger partial charge on any atom is 0.300 e. The van der Waals surface area contributed by atoms with Gasteiger partial charge in [-0.15, -0.1) is 0 Å². The van der Waals surface area contributed by atoms with Gasteiger partial charge < -0.3 is 30.3 Å². The molecule has 0 saturated carbocycles. The highest BCUT2D eigenvalue weighted by molar-refractivity contribution is 6.05. The number of nitrogens with one attached hydrogen (secondary N) is 3. The van der Waals surface area contributed by atoms with E-state index in [4.69, 9.17) is 9.47 Å². The molecule has 1 atom stereocenters. The number of amides is 1. The second-order valence-electron chi connectivity index (χ2n) is 10.7. The van der Waals surface area contributed by atoms with E-state index >= 15 is 0 Å². The molecule has 2 aliphatic heterocycles. The molecule has 0 aliphatic carbocycles. The third kappa shape index (κ3) is 6.75. The molecule has 1 amide bonds. The second-order valence-corrected chi connectivity index (χ2v) is 10.7. The normalized spacial score (nSPS) is 16.4. The van der Waals surface area contributed by atoms with Crippen LogP contribution in [0.3, 0.4) is 0 Å². The molecular formula is C32H35N9O3. The summed E-state index contributed by atoms with van der Waals surface area (Å²) in [5.74, 6) is 7.33. The van der Waals surface area contributed by atoms with Crippen LogP contribution < -0.4 is 25.4 Å². The van der Waals surface area contributed by atoms with Crippen LogP contribution in [0.15, 0.2) is 60.0 Å². The third-order valence-electron chi connectivity index (χ3n) is 7.50. The van der Waals surface area contributed by atoms with Crippen molar-refractivity contribution in [3.63, 3.8) is 0 Å². The van der Waals surface area contributed by atoms with E-state index in [-0.39, 0.29) is 5.91 Å². The fraction of sp³-hybridized carbons (Fsp3) is 0.312. The van der Waals surface area contributed by atoms with Gasteiger partial charge in [0.25, 0.3) is 5.91 Å². The lowest BCUT2D eigenvalue weighted by Gasteiger charge is -2.30. The zero-order valence-corrected chi connectivity index (χ0v) is 25.0. The van der Waals surface area contributed by atoms with Crippen LogP contribution in [-0.4, -0.2) is 83.0 Å². The predicted molar refractivity (Wildman–Crippen MR) is 171 cm³/mol. The molecule has 44 heavy (non-hydrogen) atoms. The zero-order chi connectivity index (χ0) is 30.5. The molecule has 3 N–H and O–H groups in total. The number of nitrogens with zero attached hydrogens (tertiary/aromatic N) is 6. The van der Waals surface area contributed by atoms with Crippen molar-refractivity contribution in [2.45, 2.75) is 20.0 Å². The van der Waals surface area contributed by atoms with Crippen LogP contribution in [0.5, 0.6) is 17.2 Å². The van der Waals surface area contributed by atoms with E-state index in [9.17, 15) is 4.79 Å². The first-order chi connectivity index (χ1) is 21.4. The summed E-state index contributed by atoms with van der Waals surface area (Å²) >= 11 is 0. The number of hydrogen-bond acceptors (Lipinski definition) is 10. The molecule has 6 rings (SSSR count). The van der Waals surface area contributed by atoms with Gasteiger partial charge >= 0.3 is 0 Å². The summed E-state index contributed by atoms with van der Waals surface area (Å²) in [5, 5.41) is 13.7. The molecule has 0 radical (unpaired) electrons. The molecule has 1 fully saturated rings. The van der Waals surface area contributed by atoms with E-state index < -0.39 is 6.17 Å². The maximum atomic E-state index is 12.8. The van der Waals surface area contributed by atoms with Gasteiger partial charge in [0, 0.05) is 55.8 Å². The molecule has 2 aliphatic rings. The smallest absolute Gasteiger partial charge is 0.300 e. The van der Waals surface area contributed by atoms with Crippen molar-refractivity contribution >= 4 is 35.0 Å². The first-order valence-corrected chi connectivity index (χ1v) is 14.6. The summed E-state index contributed by atoms with van der Waals surface area (Å²) in [4.78, 5) is 26.2. The van der Waals surface area contributed by atoms with Crippen molar-refractivity contribution in [3.8, 4) is 29.1 Å². The Labute approximate surface area is 256 Å². The molecule has 2 aromatic heterocycles. The van der Waals surface area contributed by atoms with Crippen molar-refractivity contribution < 1.29 is 14.3 Å². The van der Waals surface area contributed by atoms with Crippen molar-refractivity contribution in [1.82, 2.24) is 24.4 Å². The quantitative estimate of drug-likeness (QED) is 0.261. The van der Waals surface area contributed by atoms with Crippen molar-refractivity contribution in [2.24, 2.45) is 4.99 Å². The van der Waals surface area contributed by atoms with E-state index in [0.29, 0.717) is 36.0 Å². The molecular weight excluding hydrogens is 558 g/mol. The standard InChI is InChI=1S/C32H35N9O3/c1-4-43-29-19-26-25(18-27(29)38-31(42)6-5-10-40-14-12-39(3)13-15-40)32(35-20-33-26)37-23-7-8-28(22(2)16-23)44-24-9-11-41-30(17-24)34-21-36-41/h7-9,11,16-21,32,37H,4,10,12-15H2,1-3H3,(H,33,35)(H,38,42). The van der Waals surface area contributed by atoms with E-state index in [2.05, 4.69) is 59.7 Å². The van der Waals surface area contributed by atoms with Gasteiger partial charge in [-0.1, -0.05) is 5.92 Å². The number of piperazine rings is 1. The van der Waals surface area contributed by atoms with Crippen LogP contribution in [0.2, 0.25) is 0 Å². The lowest BCUT2D eigenvalue weighted by atomic mass is 10.1. The van der Waals surface area contributed by atoms with E-state index in [1.807, 2.05) is 62.5 Å². The Balaban J connectivity index is 1.16. The molecule has 0 bridgehead atoms. The number of ether oxygens (including phenoxy) is 2. The summed E-state index contributed by atoms with van der Waals surface area (Å²) in [7, 11) is 2.11. The number of carbonyl (C=O) groups excluding carboxylic acids is 1. The summed E-state index contributed by atoms with van der Waals surface area (Å²) in [6, 6.07) is 13.3. The number of carbonyl (C=O) groups is 1. The molecule has 0 spiro atoms. The molecule has 2 aromatic carbocycles. The number of anilines is 3. The minimum atomic E-state index is -0.401. The summed E-state index contributed by atoms with van der Waals surface area (Å²) in [6.07, 6.45) is 4.57. The number of hydrogen-bond donors (Lipinski definition) is 3. The lowest BCUT2D eigenvalue weighted by Crippen LogP contribution is -2.44. The van der Waals surface area contributed by atoms with Crippen molar-refractivity contribution in [3.05, 3.63) is 66.1 Å². The monoisotopic (exact) mass is 593 g/mol. The highest BCUT2D eigenvalue weighted by Crippen LogP contribution is 2.38. The fourth-order valence-electron chi connectivity index (χ4n) is 5.09. The van der Waals surface area contributed by atoms with Crippen LogP contribution in [0.25, 0.3) is 5.65 Å². The van der Waals surface area contributed by atoms with Crippen LogP contribution >= 0.6 is 0 Å². The number of pyridine rings is 1. The topological polar surface area (TPSA) is 121 Å². The van der Waals surface area contributed by atoms with Gasteiger partial charge in [-0.2, -0.15) is 5.10 Å². The first-order valence-electron chi connectivity index (χ1n) is 14.6. The minimum absolute atomic E-state index is 0.383. The zero-order valence-electron chi connectivity index (χ0n) is 25.0. The summed E-state index contributed by atoms with van der Waals surface area (Å²) < 4.78 is 13.7. The number of fused-ring (bicyclic) bond motifs is 2. The van der Waals surface area contributed by atoms with Crippen LogP contribution in [0, 0.1) is 18.8 Å². The molecule has 12 heteroatoms. The molecule has 4 aromatic rings. The number of rotatable bonds is 8. The second kappa shape index (κ2) is 13.0. The Morgan fingerprint density at radius 2 is 1.98 bits per heavy atom. The van der Waals surface area contributed by atoms with Crippen LogP contribution in [0.1, 0.15) is 24.2 Å². The van der Waals surface area contributed by atoms with Gasteiger partial charge in [0.15, 0.2) is 5.65 Å². The minimum Gasteiger partial charge on any atom is -0.492 e. The van der Waals surface area contributed by atoms with Gasteiger partial charge in [-0.3, -0.25) is 9.69 Å². The Bertz CT molecular complexity index is 1750. The predicted octanol–water partition coefficient (Wildman–Crippen LogP) is 3.98.